The summed E-state index contributed by atoms with van der Waals surface area (Å²) in [6.07, 6.45) is -1.79. The van der Waals surface area contributed by atoms with Crippen molar-refractivity contribution in [3.05, 3.63) is 0 Å². The van der Waals surface area contributed by atoms with Gasteiger partial charge >= 0.3 is 11.9 Å². The first-order chi connectivity index (χ1) is 4.46. The molecular formula is C4H7NO4. The van der Waals surface area contributed by atoms with Crippen LogP contribution in [-0.4, -0.2) is 28.2 Å². The van der Waals surface area contributed by atoms with E-state index in [1.807, 2.05) is 0 Å². The molecule has 0 saturated carbocycles. The van der Waals surface area contributed by atoms with E-state index in [0.717, 1.165) is 0 Å². The van der Waals surface area contributed by atoms with Gasteiger partial charge in [0.15, 0.2) is 0 Å². The first kappa shape index (κ1) is 6.03. The smallest absolute Gasteiger partial charge is 0.321 e. The number of hydrogen-bond donors (Lipinski definition) is 3. The van der Waals surface area contributed by atoms with Crippen molar-refractivity contribution < 1.29 is 21.2 Å². The molecule has 5 heteroatoms. The monoisotopic (exact) mass is 134 g/mol. The summed E-state index contributed by atoms with van der Waals surface area (Å²) in [4.78, 5) is 19.9. The van der Waals surface area contributed by atoms with Crippen molar-refractivity contribution in [2.45, 2.75) is 12.4 Å². The Morgan fingerprint density at radius 3 is 2.22 bits per heavy atom. The lowest BCUT2D eigenvalue weighted by Gasteiger charge is -1.99. The van der Waals surface area contributed by atoms with E-state index in [1.165, 1.54) is 0 Å². The van der Waals surface area contributed by atoms with Gasteiger partial charge in [-0.3, -0.25) is 9.59 Å². The van der Waals surface area contributed by atoms with Gasteiger partial charge in [0, 0.05) is 1.37 Å². The maximum absolute atomic E-state index is 9.94. The molecule has 0 fully saturated rings. The lowest BCUT2D eigenvalue weighted by molar-refractivity contribution is -0.144. The molecule has 0 aliphatic rings. The van der Waals surface area contributed by atoms with Crippen LogP contribution in [0.4, 0.5) is 0 Å². The molecule has 0 aromatic rings. The molecule has 5 nitrogen and oxygen atoms in total. The standard InChI is InChI=1S/C4H7NO4/c5-2(4(8)9)1-3(6)7/h2H,1,5H2,(H,6,7)(H,8,9)/t2-/m0/s1/i1D/t1-,2-. The van der Waals surface area contributed by atoms with Crippen molar-refractivity contribution in [2.75, 3.05) is 0 Å². The summed E-state index contributed by atoms with van der Waals surface area (Å²) in [6, 6.07) is -1.66. The van der Waals surface area contributed by atoms with Gasteiger partial charge in [-0.05, 0) is 0 Å². The summed E-state index contributed by atoms with van der Waals surface area (Å²) in [7, 11) is 0. The van der Waals surface area contributed by atoms with Gasteiger partial charge in [-0.2, -0.15) is 0 Å². The Morgan fingerprint density at radius 2 is 2.11 bits per heavy atom. The zero-order valence-electron chi connectivity index (χ0n) is 5.44. The molecular weight excluding hydrogens is 126 g/mol. The van der Waals surface area contributed by atoms with Crippen molar-refractivity contribution in [3.8, 4) is 0 Å². The summed E-state index contributed by atoms with van der Waals surface area (Å²) in [6.45, 7) is 0. The SMILES string of the molecule is [2H][C@H](C(=O)O)[C@H](N)C(=O)O. The van der Waals surface area contributed by atoms with E-state index in [9.17, 15) is 9.59 Å². The Balaban J connectivity index is 4.07. The molecule has 0 aromatic carbocycles. The molecule has 0 unspecified atom stereocenters. The summed E-state index contributed by atoms with van der Waals surface area (Å²) < 4.78 is 6.66. The van der Waals surface area contributed by atoms with Gasteiger partial charge in [-0.25, -0.2) is 0 Å². The van der Waals surface area contributed by atoms with Crippen LogP contribution < -0.4 is 5.73 Å². The summed E-state index contributed by atoms with van der Waals surface area (Å²) in [5, 5.41) is 16.2. The Labute approximate surface area is 52.5 Å². The fourth-order valence-corrected chi connectivity index (χ4v) is 0.225. The van der Waals surface area contributed by atoms with E-state index in [-0.39, 0.29) is 0 Å². The maximum Gasteiger partial charge on any atom is 0.321 e. The molecule has 0 aliphatic carbocycles. The van der Waals surface area contributed by atoms with Gasteiger partial charge in [0.05, 0.1) is 6.40 Å². The van der Waals surface area contributed by atoms with Gasteiger partial charge < -0.3 is 15.9 Å². The lowest BCUT2D eigenvalue weighted by Crippen LogP contribution is -2.32. The molecule has 2 atom stereocenters. The first-order valence-corrected chi connectivity index (χ1v) is 2.10. The number of aliphatic carboxylic acids is 2. The predicted molar refractivity (Wildman–Crippen MR) is 27.9 cm³/mol. The Kier molecular flexibility index (Phi) is 2.03. The first-order valence-electron chi connectivity index (χ1n) is 2.68. The molecule has 52 valence electrons. The molecule has 0 bridgehead atoms. The van der Waals surface area contributed by atoms with Crippen LogP contribution in [0, 0.1) is 0 Å². The Bertz CT molecular complexity index is 141. The van der Waals surface area contributed by atoms with Crippen LogP contribution in [0.25, 0.3) is 0 Å². The Hall–Kier alpha value is -1.10. The average Bonchev–Trinajstić information content (AvgIpc) is 1.84. The summed E-state index contributed by atoms with van der Waals surface area (Å²) in [5.41, 5.74) is 4.79. The van der Waals surface area contributed by atoms with Crippen molar-refractivity contribution in [3.63, 3.8) is 0 Å². The van der Waals surface area contributed by atoms with Crippen molar-refractivity contribution in [2.24, 2.45) is 5.73 Å². The van der Waals surface area contributed by atoms with Gasteiger partial charge in [0.2, 0.25) is 0 Å². The van der Waals surface area contributed by atoms with Crippen LogP contribution in [0.1, 0.15) is 7.77 Å². The topological polar surface area (TPSA) is 101 Å². The maximum atomic E-state index is 9.94. The van der Waals surface area contributed by atoms with Crippen molar-refractivity contribution >= 4 is 11.9 Å². The number of rotatable bonds is 3. The Morgan fingerprint density at radius 1 is 1.67 bits per heavy atom. The second-order valence-electron chi connectivity index (χ2n) is 1.37. The molecule has 0 rings (SSSR count). The minimum Gasteiger partial charge on any atom is -0.481 e. The molecule has 0 heterocycles. The molecule has 0 amide bonds. The summed E-state index contributed by atoms with van der Waals surface area (Å²) >= 11 is 0. The largest absolute Gasteiger partial charge is 0.481 e. The fourth-order valence-electron chi connectivity index (χ4n) is 0.225. The quantitative estimate of drug-likeness (QED) is 0.453. The van der Waals surface area contributed by atoms with E-state index < -0.39 is 24.4 Å². The van der Waals surface area contributed by atoms with Crippen LogP contribution in [0.5, 0.6) is 0 Å². The third kappa shape index (κ3) is 3.48. The predicted octanol–water partition coefficient (Wildman–Crippen LogP) is -1.13. The van der Waals surface area contributed by atoms with Crippen LogP contribution in [0.15, 0.2) is 0 Å². The lowest BCUT2D eigenvalue weighted by atomic mass is 10.2. The molecule has 0 saturated heterocycles. The van der Waals surface area contributed by atoms with Crippen molar-refractivity contribution in [1.82, 2.24) is 0 Å². The van der Waals surface area contributed by atoms with E-state index in [4.69, 9.17) is 17.3 Å². The highest BCUT2D eigenvalue weighted by Crippen LogP contribution is 1.86. The number of carbonyl (C=O) groups is 2. The second kappa shape index (κ2) is 3.03. The van der Waals surface area contributed by atoms with Crippen LogP contribution >= 0.6 is 0 Å². The van der Waals surface area contributed by atoms with Crippen LogP contribution in [-0.2, 0) is 9.59 Å². The van der Waals surface area contributed by atoms with Gasteiger partial charge in [0.1, 0.15) is 6.04 Å². The van der Waals surface area contributed by atoms with Crippen LogP contribution in [0.3, 0.4) is 0 Å². The number of nitrogens with two attached hydrogens (primary N) is 1. The zero-order chi connectivity index (χ0) is 8.31. The van der Waals surface area contributed by atoms with Crippen molar-refractivity contribution in [1.29, 1.82) is 0 Å². The number of hydrogen-bond acceptors (Lipinski definition) is 3. The van der Waals surface area contributed by atoms with Gasteiger partial charge in [-0.15, -0.1) is 0 Å². The van der Waals surface area contributed by atoms with E-state index in [2.05, 4.69) is 0 Å². The molecule has 4 N–H and O–H groups in total. The third-order valence-electron chi connectivity index (χ3n) is 0.607. The normalized spacial score (nSPS) is 17.7. The summed E-state index contributed by atoms with van der Waals surface area (Å²) in [5.74, 6) is -3.02. The number of carboxylic acids is 2. The number of carboxylic acid groups (broad SMARTS) is 2. The van der Waals surface area contributed by atoms with E-state index in [1.54, 1.807) is 0 Å². The highest BCUT2D eigenvalue weighted by Gasteiger charge is 2.14. The van der Waals surface area contributed by atoms with E-state index >= 15 is 0 Å². The molecule has 0 spiro atoms. The average molecular weight is 134 g/mol. The minimum absolute atomic E-state index is 1.48. The second-order valence-corrected chi connectivity index (χ2v) is 1.37. The highest BCUT2D eigenvalue weighted by atomic mass is 16.4. The third-order valence-corrected chi connectivity index (χ3v) is 0.607. The van der Waals surface area contributed by atoms with Crippen LogP contribution in [0.2, 0.25) is 0 Å². The highest BCUT2D eigenvalue weighted by molar-refractivity contribution is 5.80. The molecule has 9 heavy (non-hydrogen) atoms. The molecule has 0 aromatic heterocycles. The zero-order valence-corrected chi connectivity index (χ0v) is 4.44. The molecule has 0 radical (unpaired) electrons. The van der Waals surface area contributed by atoms with Gasteiger partial charge in [-0.1, -0.05) is 0 Å². The molecule has 0 aliphatic heterocycles. The fraction of sp³-hybridized carbons (Fsp3) is 0.500. The van der Waals surface area contributed by atoms with Gasteiger partial charge in [0.25, 0.3) is 0 Å². The minimum atomic E-state index is -1.79. The van der Waals surface area contributed by atoms with E-state index in [0.29, 0.717) is 0 Å².